The molecule has 136 valence electrons. The summed E-state index contributed by atoms with van der Waals surface area (Å²) in [5.41, 5.74) is 1.09. The summed E-state index contributed by atoms with van der Waals surface area (Å²) in [6, 6.07) is 0. The Bertz CT molecular complexity index is 672. The molecule has 2 fully saturated rings. The van der Waals surface area contributed by atoms with Crippen molar-refractivity contribution in [1.29, 1.82) is 0 Å². The molecule has 1 amide bonds. The molecular formula is C19H28N4O2. The van der Waals surface area contributed by atoms with E-state index in [1.165, 1.54) is 12.8 Å². The number of aliphatic imine (C=N–C) groups is 1. The molecule has 0 bridgehead atoms. The maximum atomic E-state index is 13.0. The summed E-state index contributed by atoms with van der Waals surface area (Å²) in [5, 5.41) is 20.3. The van der Waals surface area contributed by atoms with Crippen LogP contribution in [-0.4, -0.2) is 41.5 Å². The number of carbonyl (C=O) groups is 1. The first-order valence-corrected chi connectivity index (χ1v) is 8.94. The van der Waals surface area contributed by atoms with Crippen LogP contribution < -0.4 is 16.0 Å². The van der Waals surface area contributed by atoms with Crippen molar-refractivity contribution in [3.63, 3.8) is 0 Å². The lowest BCUT2D eigenvalue weighted by Gasteiger charge is -2.40. The number of nitrogens with zero attached hydrogens (tertiary/aromatic N) is 1. The van der Waals surface area contributed by atoms with E-state index in [1.54, 1.807) is 20.1 Å². The molecule has 3 aliphatic rings. The molecule has 0 spiro atoms. The van der Waals surface area contributed by atoms with Crippen LogP contribution in [-0.2, 0) is 4.79 Å². The fraction of sp³-hybridized carbons (Fsp3) is 0.579. The summed E-state index contributed by atoms with van der Waals surface area (Å²) in [5.74, 6) is 0.305. The van der Waals surface area contributed by atoms with E-state index in [0.29, 0.717) is 35.9 Å². The highest BCUT2D eigenvalue weighted by Gasteiger charge is 2.47. The van der Waals surface area contributed by atoms with Crippen molar-refractivity contribution in [1.82, 2.24) is 16.0 Å². The first-order valence-electron chi connectivity index (χ1n) is 8.94. The third kappa shape index (κ3) is 3.41. The maximum absolute atomic E-state index is 13.0. The molecule has 1 saturated carbocycles. The summed E-state index contributed by atoms with van der Waals surface area (Å²) in [4.78, 5) is 17.2. The molecule has 6 nitrogen and oxygen atoms in total. The van der Waals surface area contributed by atoms with Gasteiger partial charge in [-0.3, -0.25) is 9.79 Å². The average molecular weight is 344 g/mol. The standard InChI is InChI=1S/C19H28N4O2/c1-5-15(13-6-7-13)22-16-12(2)21-10-14(16)17(24)23-19(18(3,4)25)8-9-20-11-19/h5,10,13,20,22,25H,2,6-9,11H2,1,3-4H3,(H,23,24)/b15-5-. The zero-order valence-electron chi connectivity index (χ0n) is 15.3. The minimum absolute atomic E-state index is 0.234. The number of nitrogens with one attached hydrogen (secondary N) is 3. The third-order valence-corrected chi connectivity index (χ3v) is 5.43. The van der Waals surface area contributed by atoms with E-state index in [0.717, 1.165) is 12.2 Å². The van der Waals surface area contributed by atoms with Gasteiger partial charge in [0.25, 0.3) is 5.91 Å². The van der Waals surface area contributed by atoms with Gasteiger partial charge in [0.15, 0.2) is 0 Å². The molecule has 1 saturated heterocycles. The Balaban J connectivity index is 1.83. The van der Waals surface area contributed by atoms with Crippen molar-refractivity contribution in [2.45, 2.75) is 51.2 Å². The van der Waals surface area contributed by atoms with Crippen LogP contribution in [0.5, 0.6) is 0 Å². The van der Waals surface area contributed by atoms with Crippen LogP contribution in [0.1, 0.15) is 40.0 Å². The predicted octanol–water partition coefficient (Wildman–Crippen LogP) is 1.36. The summed E-state index contributed by atoms with van der Waals surface area (Å²) in [6.07, 6.45) is 6.62. The summed E-state index contributed by atoms with van der Waals surface area (Å²) in [7, 11) is 0. The van der Waals surface area contributed by atoms with Crippen LogP contribution in [0.2, 0.25) is 0 Å². The highest BCUT2D eigenvalue weighted by molar-refractivity contribution is 6.15. The van der Waals surface area contributed by atoms with Crippen LogP contribution in [0.25, 0.3) is 0 Å². The Morgan fingerprint density at radius 3 is 2.76 bits per heavy atom. The molecule has 0 aromatic heterocycles. The Kier molecular flexibility index (Phi) is 4.60. The lowest BCUT2D eigenvalue weighted by Crippen LogP contribution is -2.63. The van der Waals surface area contributed by atoms with Gasteiger partial charge in [0, 0.05) is 18.5 Å². The Labute approximate surface area is 149 Å². The monoisotopic (exact) mass is 344 g/mol. The van der Waals surface area contributed by atoms with Crippen LogP contribution in [0.15, 0.2) is 40.3 Å². The minimum atomic E-state index is -1.03. The molecule has 0 aromatic rings. The number of carbonyl (C=O) groups excluding carboxylic acids is 1. The van der Waals surface area contributed by atoms with E-state index in [2.05, 4.69) is 27.5 Å². The molecule has 1 aliphatic carbocycles. The highest BCUT2D eigenvalue weighted by atomic mass is 16.3. The highest BCUT2D eigenvalue weighted by Crippen LogP contribution is 2.36. The summed E-state index contributed by atoms with van der Waals surface area (Å²) < 4.78 is 0. The Hall–Kier alpha value is -1.92. The van der Waals surface area contributed by atoms with Crippen molar-refractivity contribution in [2.24, 2.45) is 10.9 Å². The van der Waals surface area contributed by atoms with Crippen molar-refractivity contribution in [3.05, 3.63) is 35.3 Å². The summed E-state index contributed by atoms with van der Waals surface area (Å²) >= 11 is 0. The second-order valence-corrected chi connectivity index (χ2v) is 7.66. The molecular weight excluding hydrogens is 316 g/mol. The van der Waals surface area contributed by atoms with Gasteiger partial charge in [0.2, 0.25) is 0 Å². The van der Waals surface area contributed by atoms with E-state index < -0.39 is 11.1 Å². The number of hydrogen-bond acceptors (Lipinski definition) is 5. The largest absolute Gasteiger partial charge is 0.388 e. The van der Waals surface area contributed by atoms with E-state index in [9.17, 15) is 9.90 Å². The Morgan fingerprint density at radius 2 is 2.24 bits per heavy atom. The van der Waals surface area contributed by atoms with Gasteiger partial charge in [0.1, 0.15) is 0 Å². The van der Waals surface area contributed by atoms with Crippen molar-refractivity contribution < 1.29 is 9.90 Å². The van der Waals surface area contributed by atoms with Crippen LogP contribution in [0.4, 0.5) is 0 Å². The van der Waals surface area contributed by atoms with Crippen LogP contribution in [0, 0.1) is 5.92 Å². The lowest BCUT2D eigenvalue weighted by molar-refractivity contribution is -0.122. The normalized spacial score (nSPS) is 27.2. The quantitative estimate of drug-likeness (QED) is 0.586. The molecule has 0 radical (unpaired) electrons. The Morgan fingerprint density at radius 1 is 1.52 bits per heavy atom. The minimum Gasteiger partial charge on any atom is -0.388 e. The molecule has 6 heteroatoms. The SMILES string of the molecule is C=C1N=CC(C(=O)NC2(C(C)(C)O)CCNC2)=C1N/C(=C\C)C1CC1. The van der Waals surface area contributed by atoms with E-state index >= 15 is 0 Å². The smallest absolute Gasteiger partial charge is 0.255 e. The van der Waals surface area contributed by atoms with Gasteiger partial charge < -0.3 is 21.1 Å². The predicted molar refractivity (Wildman–Crippen MR) is 98.9 cm³/mol. The number of amides is 1. The third-order valence-electron chi connectivity index (χ3n) is 5.43. The molecule has 2 aliphatic heterocycles. The molecule has 1 atom stereocenters. The first-order chi connectivity index (χ1) is 11.8. The number of aliphatic hydroxyl groups is 1. The topological polar surface area (TPSA) is 85.8 Å². The van der Waals surface area contributed by atoms with Crippen molar-refractivity contribution in [2.75, 3.05) is 13.1 Å². The van der Waals surface area contributed by atoms with E-state index in [1.807, 2.05) is 13.0 Å². The molecule has 2 heterocycles. The van der Waals surface area contributed by atoms with Crippen molar-refractivity contribution in [3.8, 4) is 0 Å². The zero-order chi connectivity index (χ0) is 18.2. The second kappa shape index (κ2) is 6.42. The molecule has 0 aromatic carbocycles. The van der Waals surface area contributed by atoms with E-state index in [-0.39, 0.29) is 5.91 Å². The van der Waals surface area contributed by atoms with Gasteiger partial charge in [-0.1, -0.05) is 12.7 Å². The van der Waals surface area contributed by atoms with Gasteiger partial charge >= 0.3 is 0 Å². The van der Waals surface area contributed by atoms with E-state index in [4.69, 9.17) is 0 Å². The number of hydrogen-bond donors (Lipinski definition) is 4. The number of rotatable bonds is 6. The number of allylic oxidation sites excluding steroid dienone is 2. The molecule has 3 rings (SSSR count). The van der Waals surface area contributed by atoms with Gasteiger partial charge in [-0.25, -0.2) is 0 Å². The second-order valence-electron chi connectivity index (χ2n) is 7.66. The van der Waals surface area contributed by atoms with Gasteiger partial charge in [-0.05, 0) is 52.5 Å². The molecule has 1 unspecified atom stereocenters. The molecule has 4 N–H and O–H groups in total. The van der Waals surface area contributed by atoms with Crippen molar-refractivity contribution >= 4 is 12.1 Å². The fourth-order valence-corrected chi connectivity index (χ4v) is 3.45. The van der Waals surface area contributed by atoms with Crippen LogP contribution in [0.3, 0.4) is 0 Å². The lowest BCUT2D eigenvalue weighted by atomic mass is 9.81. The fourth-order valence-electron chi connectivity index (χ4n) is 3.45. The first kappa shape index (κ1) is 17.9. The van der Waals surface area contributed by atoms with Crippen LogP contribution >= 0.6 is 0 Å². The van der Waals surface area contributed by atoms with Gasteiger partial charge in [-0.2, -0.15) is 0 Å². The molecule has 25 heavy (non-hydrogen) atoms. The zero-order valence-corrected chi connectivity index (χ0v) is 15.3. The van der Waals surface area contributed by atoms with Gasteiger partial charge in [0.05, 0.1) is 28.1 Å². The maximum Gasteiger partial charge on any atom is 0.255 e. The van der Waals surface area contributed by atoms with Gasteiger partial charge in [-0.15, -0.1) is 0 Å². The average Bonchev–Trinajstić information content (AvgIpc) is 3.15. The summed E-state index contributed by atoms with van der Waals surface area (Å²) in [6.45, 7) is 10.7.